The molecule has 1 heterocycles. The van der Waals surface area contributed by atoms with Crippen molar-refractivity contribution in [2.45, 2.75) is 27.2 Å². The quantitative estimate of drug-likeness (QED) is 0.888. The zero-order valence-corrected chi connectivity index (χ0v) is 13.4. The van der Waals surface area contributed by atoms with E-state index in [1.807, 2.05) is 31.2 Å². The van der Waals surface area contributed by atoms with Crippen LogP contribution >= 0.6 is 0 Å². The van der Waals surface area contributed by atoms with Crippen molar-refractivity contribution in [3.8, 4) is 11.1 Å². The molecule has 0 saturated carbocycles. The molecule has 0 bridgehead atoms. The third kappa shape index (κ3) is 3.85. The van der Waals surface area contributed by atoms with E-state index in [4.69, 9.17) is 5.73 Å². The van der Waals surface area contributed by atoms with Crippen LogP contribution in [-0.2, 0) is 0 Å². The van der Waals surface area contributed by atoms with Crippen LogP contribution in [0.2, 0.25) is 0 Å². The van der Waals surface area contributed by atoms with Crippen molar-refractivity contribution in [3.05, 3.63) is 47.7 Å². The van der Waals surface area contributed by atoms with Crippen LogP contribution in [0.15, 0.2) is 36.5 Å². The SMILES string of the molecule is Cc1c(C(=O)NCCC(C)C)cccc1-c1ccc(N)nc1. The van der Waals surface area contributed by atoms with Crippen LogP contribution in [0.3, 0.4) is 0 Å². The van der Waals surface area contributed by atoms with Crippen molar-refractivity contribution in [2.75, 3.05) is 12.3 Å². The van der Waals surface area contributed by atoms with Gasteiger partial charge in [0, 0.05) is 23.9 Å². The molecule has 1 aromatic heterocycles. The minimum absolute atomic E-state index is 0.0246. The zero-order valence-electron chi connectivity index (χ0n) is 13.4. The van der Waals surface area contributed by atoms with Crippen molar-refractivity contribution in [2.24, 2.45) is 5.92 Å². The summed E-state index contributed by atoms with van der Waals surface area (Å²) in [4.78, 5) is 16.5. The lowest BCUT2D eigenvalue weighted by atomic mass is 9.97. The first-order valence-corrected chi connectivity index (χ1v) is 7.58. The molecule has 4 heteroatoms. The number of hydrogen-bond acceptors (Lipinski definition) is 3. The Kier molecular flexibility index (Phi) is 5.15. The summed E-state index contributed by atoms with van der Waals surface area (Å²) in [6.07, 6.45) is 2.71. The van der Waals surface area contributed by atoms with E-state index < -0.39 is 0 Å². The Hall–Kier alpha value is -2.36. The molecule has 0 aliphatic heterocycles. The van der Waals surface area contributed by atoms with Gasteiger partial charge in [-0.2, -0.15) is 0 Å². The lowest BCUT2D eigenvalue weighted by Gasteiger charge is -2.12. The van der Waals surface area contributed by atoms with E-state index in [1.54, 1.807) is 12.3 Å². The van der Waals surface area contributed by atoms with Crippen molar-refractivity contribution in [1.29, 1.82) is 0 Å². The van der Waals surface area contributed by atoms with Gasteiger partial charge < -0.3 is 11.1 Å². The van der Waals surface area contributed by atoms with E-state index in [0.717, 1.165) is 23.1 Å². The number of nitrogens with two attached hydrogens (primary N) is 1. The summed E-state index contributed by atoms with van der Waals surface area (Å²) in [5, 5.41) is 2.98. The lowest BCUT2D eigenvalue weighted by Crippen LogP contribution is -2.26. The van der Waals surface area contributed by atoms with Gasteiger partial charge in [0.2, 0.25) is 0 Å². The van der Waals surface area contributed by atoms with Gasteiger partial charge in [0.05, 0.1) is 0 Å². The molecular formula is C18H23N3O. The van der Waals surface area contributed by atoms with Crippen LogP contribution in [0.4, 0.5) is 5.82 Å². The Bertz CT molecular complexity index is 648. The number of carbonyl (C=O) groups is 1. The van der Waals surface area contributed by atoms with Gasteiger partial charge in [-0.05, 0) is 48.6 Å². The Balaban J connectivity index is 2.22. The molecule has 0 saturated heterocycles. The number of pyridine rings is 1. The summed E-state index contributed by atoms with van der Waals surface area (Å²) in [5.74, 6) is 1.04. The Morgan fingerprint density at radius 1 is 1.27 bits per heavy atom. The number of carbonyl (C=O) groups excluding carboxylic acids is 1. The Morgan fingerprint density at radius 3 is 2.68 bits per heavy atom. The number of nitrogens with zero attached hydrogens (tertiary/aromatic N) is 1. The standard InChI is InChI=1S/C18H23N3O/c1-12(2)9-10-20-18(22)16-6-4-5-15(13(16)3)14-7-8-17(19)21-11-14/h4-8,11-12H,9-10H2,1-3H3,(H2,19,21)(H,20,22). The van der Waals surface area contributed by atoms with Crippen LogP contribution in [0, 0.1) is 12.8 Å². The molecule has 3 N–H and O–H groups in total. The average molecular weight is 297 g/mol. The lowest BCUT2D eigenvalue weighted by molar-refractivity contribution is 0.0951. The zero-order chi connectivity index (χ0) is 16.1. The van der Waals surface area contributed by atoms with E-state index in [-0.39, 0.29) is 5.91 Å². The molecule has 4 nitrogen and oxygen atoms in total. The van der Waals surface area contributed by atoms with E-state index in [1.165, 1.54) is 0 Å². The number of nitrogen functional groups attached to an aromatic ring is 1. The normalized spacial score (nSPS) is 10.7. The summed E-state index contributed by atoms with van der Waals surface area (Å²) >= 11 is 0. The topological polar surface area (TPSA) is 68.0 Å². The summed E-state index contributed by atoms with van der Waals surface area (Å²) in [6.45, 7) is 6.95. The van der Waals surface area contributed by atoms with Gasteiger partial charge in [-0.25, -0.2) is 4.98 Å². The summed E-state index contributed by atoms with van der Waals surface area (Å²) in [6, 6.07) is 9.44. The first kappa shape index (κ1) is 16.0. The monoisotopic (exact) mass is 297 g/mol. The number of benzene rings is 1. The maximum absolute atomic E-state index is 12.3. The van der Waals surface area contributed by atoms with Gasteiger partial charge in [-0.3, -0.25) is 4.79 Å². The molecule has 0 aliphatic rings. The highest BCUT2D eigenvalue weighted by Gasteiger charge is 2.12. The molecule has 2 aromatic rings. The fraction of sp³-hybridized carbons (Fsp3) is 0.333. The minimum atomic E-state index is -0.0246. The number of nitrogens with one attached hydrogen (secondary N) is 1. The number of rotatable bonds is 5. The average Bonchev–Trinajstić information content (AvgIpc) is 2.48. The number of hydrogen-bond donors (Lipinski definition) is 2. The molecular weight excluding hydrogens is 274 g/mol. The predicted octanol–water partition coefficient (Wildman–Crippen LogP) is 3.42. The maximum atomic E-state index is 12.3. The Labute approximate surface area is 131 Å². The van der Waals surface area contributed by atoms with E-state index >= 15 is 0 Å². The van der Waals surface area contributed by atoms with Gasteiger partial charge in [0.1, 0.15) is 5.82 Å². The molecule has 0 fully saturated rings. The van der Waals surface area contributed by atoms with Crippen molar-refractivity contribution in [1.82, 2.24) is 10.3 Å². The Morgan fingerprint density at radius 2 is 2.05 bits per heavy atom. The smallest absolute Gasteiger partial charge is 0.251 e. The minimum Gasteiger partial charge on any atom is -0.384 e. The number of amides is 1. The van der Waals surface area contributed by atoms with E-state index in [9.17, 15) is 4.79 Å². The van der Waals surface area contributed by atoms with Gasteiger partial charge in [-0.1, -0.05) is 26.0 Å². The molecule has 1 amide bonds. The van der Waals surface area contributed by atoms with Crippen molar-refractivity contribution >= 4 is 11.7 Å². The first-order chi connectivity index (χ1) is 10.5. The molecule has 2 rings (SSSR count). The van der Waals surface area contributed by atoms with Crippen LogP contribution in [-0.4, -0.2) is 17.4 Å². The molecule has 0 spiro atoms. The van der Waals surface area contributed by atoms with Crippen LogP contribution in [0.5, 0.6) is 0 Å². The van der Waals surface area contributed by atoms with Gasteiger partial charge in [0.25, 0.3) is 5.91 Å². The van der Waals surface area contributed by atoms with Crippen molar-refractivity contribution < 1.29 is 4.79 Å². The highest BCUT2D eigenvalue weighted by molar-refractivity contribution is 5.97. The second-order valence-corrected chi connectivity index (χ2v) is 5.89. The number of anilines is 1. The first-order valence-electron chi connectivity index (χ1n) is 7.58. The fourth-order valence-electron chi connectivity index (χ4n) is 2.33. The molecule has 0 aliphatic carbocycles. The summed E-state index contributed by atoms with van der Waals surface area (Å²) in [7, 11) is 0. The number of aromatic nitrogens is 1. The second kappa shape index (κ2) is 7.07. The molecule has 0 unspecified atom stereocenters. The highest BCUT2D eigenvalue weighted by atomic mass is 16.1. The fourth-order valence-corrected chi connectivity index (χ4v) is 2.33. The van der Waals surface area contributed by atoms with Gasteiger partial charge >= 0.3 is 0 Å². The molecule has 116 valence electrons. The molecule has 0 atom stereocenters. The van der Waals surface area contributed by atoms with Crippen LogP contribution < -0.4 is 11.1 Å². The summed E-state index contributed by atoms with van der Waals surface area (Å²) in [5.41, 5.74) is 9.25. The predicted molar refractivity (Wildman–Crippen MR) is 90.6 cm³/mol. The van der Waals surface area contributed by atoms with E-state index in [2.05, 4.69) is 24.1 Å². The third-order valence-corrected chi connectivity index (χ3v) is 3.68. The van der Waals surface area contributed by atoms with Crippen LogP contribution in [0.1, 0.15) is 36.2 Å². The van der Waals surface area contributed by atoms with E-state index in [0.29, 0.717) is 23.8 Å². The van der Waals surface area contributed by atoms with Crippen LogP contribution in [0.25, 0.3) is 11.1 Å². The third-order valence-electron chi connectivity index (χ3n) is 3.68. The molecule has 22 heavy (non-hydrogen) atoms. The van der Waals surface area contributed by atoms with Gasteiger partial charge in [-0.15, -0.1) is 0 Å². The molecule has 0 radical (unpaired) electrons. The second-order valence-electron chi connectivity index (χ2n) is 5.89. The summed E-state index contributed by atoms with van der Waals surface area (Å²) < 4.78 is 0. The van der Waals surface area contributed by atoms with Gasteiger partial charge in [0.15, 0.2) is 0 Å². The highest BCUT2D eigenvalue weighted by Crippen LogP contribution is 2.25. The van der Waals surface area contributed by atoms with Crippen molar-refractivity contribution in [3.63, 3.8) is 0 Å². The molecule has 1 aromatic carbocycles. The largest absolute Gasteiger partial charge is 0.384 e. The maximum Gasteiger partial charge on any atom is 0.251 e.